The summed E-state index contributed by atoms with van der Waals surface area (Å²) in [5, 5.41) is 0. The van der Waals surface area contributed by atoms with E-state index in [0.29, 0.717) is 6.61 Å². The molecule has 0 N–H and O–H groups in total. The number of ether oxygens (including phenoxy) is 1. The van der Waals surface area contributed by atoms with E-state index in [-0.39, 0.29) is 6.04 Å². The van der Waals surface area contributed by atoms with Crippen LogP contribution in [-0.2, 0) is 4.74 Å². The molecule has 0 amide bonds. The first-order valence-electron chi connectivity index (χ1n) is 4.29. The maximum absolute atomic E-state index is 5.42. The Hall–Kier alpha value is -1.57. The highest BCUT2D eigenvalue weighted by Gasteiger charge is 2.16. The van der Waals surface area contributed by atoms with Gasteiger partial charge in [-0.05, 0) is 12.1 Å². The molecule has 1 aromatic rings. The number of aliphatic imine (C=N–C) groups is 1. The molecule has 0 radical (unpaired) electrons. The lowest BCUT2D eigenvalue weighted by Crippen LogP contribution is -2.02. The van der Waals surface area contributed by atoms with E-state index in [4.69, 9.17) is 4.74 Å². The lowest BCUT2D eigenvalue weighted by Gasteiger charge is -1.99. The summed E-state index contributed by atoms with van der Waals surface area (Å²) in [6.07, 6.45) is 1.80. The highest BCUT2D eigenvalue weighted by molar-refractivity contribution is 5.95. The predicted molar refractivity (Wildman–Crippen MR) is 52.9 cm³/mol. The Labute approximate surface area is 77.6 Å². The molecule has 0 saturated carbocycles. The summed E-state index contributed by atoms with van der Waals surface area (Å²) in [4.78, 5) is 4.35. The Morgan fingerprint density at radius 3 is 2.77 bits per heavy atom. The molecule has 2 rings (SSSR count). The van der Waals surface area contributed by atoms with E-state index in [2.05, 4.69) is 11.6 Å². The average molecular weight is 173 g/mol. The highest BCUT2D eigenvalue weighted by Crippen LogP contribution is 2.11. The van der Waals surface area contributed by atoms with Gasteiger partial charge in [0.1, 0.15) is 12.6 Å². The molecule has 1 aromatic carbocycles. The van der Waals surface area contributed by atoms with Gasteiger partial charge < -0.3 is 4.74 Å². The predicted octanol–water partition coefficient (Wildman–Crippen LogP) is 2.02. The van der Waals surface area contributed by atoms with E-state index in [1.807, 2.05) is 30.3 Å². The van der Waals surface area contributed by atoms with Gasteiger partial charge in [-0.1, -0.05) is 24.3 Å². The molecular formula is C11H11NO. The van der Waals surface area contributed by atoms with Crippen LogP contribution < -0.4 is 0 Å². The second kappa shape index (κ2) is 3.44. The van der Waals surface area contributed by atoms with Crippen molar-refractivity contribution in [3.05, 3.63) is 48.6 Å². The van der Waals surface area contributed by atoms with Gasteiger partial charge in [-0.25, -0.2) is 4.99 Å². The van der Waals surface area contributed by atoms with Gasteiger partial charge in [-0.15, -0.1) is 6.58 Å². The minimum Gasteiger partial charge on any atom is -0.475 e. The van der Waals surface area contributed by atoms with Crippen LogP contribution in [-0.4, -0.2) is 18.5 Å². The Balaban J connectivity index is 2.24. The van der Waals surface area contributed by atoms with Gasteiger partial charge in [0.2, 0.25) is 5.90 Å². The molecule has 1 aliphatic rings. The van der Waals surface area contributed by atoms with Crippen LogP contribution in [0.25, 0.3) is 0 Å². The molecule has 0 fully saturated rings. The largest absolute Gasteiger partial charge is 0.475 e. The molecule has 1 aliphatic heterocycles. The standard InChI is InChI=1S/C11H11NO/c1-2-10-8-13-11(12-10)9-6-4-3-5-7-9/h2-7,10H,1,8H2/t10-/m0/s1. The minimum atomic E-state index is 0.121. The number of nitrogens with zero attached hydrogens (tertiary/aromatic N) is 1. The SMILES string of the molecule is C=C[C@H]1COC(c2ccccc2)=N1. The highest BCUT2D eigenvalue weighted by atomic mass is 16.5. The summed E-state index contributed by atoms with van der Waals surface area (Å²) in [5.41, 5.74) is 1.03. The fourth-order valence-corrected chi connectivity index (χ4v) is 1.25. The van der Waals surface area contributed by atoms with Gasteiger partial charge in [0.25, 0.3) is 0 Å². The van der Waals surface area contributed by atoms with Crippen LogP contribution in [0.3, 0.4) is 0 Å². The lowest BCUT2D eigenvalue weighted by atomic mass is 10.2. The Morgan fingerprint density at radius 1 is 1.38 bits per heavy atom. The van der Waals surface area contributed by atoms with Gasteiger partial charge in [-0.2, -0.15) is 0 Å². The third-order valence-corrected chi connectivity index (χ3v) is 1.97. The Kier molecular flexibility index (Phi) is 2.13. The summed E-state index contributed by atoms with van der Waals surface area (Å²) in [7, 11) is 0. The molecule has 0 spiro atoms. The van der Waals surface area contributed by atoms with Crippen molar-refractivity contribution in [3.63, 3.8) is 0 Å². The molecule has 0 saturated heterocycles. The molecule has 66 valence electrons. The quantitative estimate of drug-likeness (QED) is 0.627. The van der Waals surface area contributed by atoms with Crippen LogP contribution in [0.1, 0.15) is 5.56 Å². The normalized spacial score (nSPS) is 20.6. The van der Waals surface area contributed by atoms with E-state index in [1.165, 1.54) is 0 Å². The van der Waals surface area contributed by atoms with Gasteiger partial charge in [0, 0.05) is 5.56 Å². The van der Waals surface area contributed by atoms with Gasteiger partial charge in [0.15, 0.2) is 0 Å². The summed E-state index contributed by atoms with van der Waals surface area (Å²) >= 11 is 0. The van der Waals surface area contributed by atoms with Gasteiger partial charge >= 0.3 is 0 Å². The van der Waals surface area contributed by atoms with Crippen LogP contribution in [0, 0.1) is 0 Å². The Bertz CT molecular complexity index is 329. The Morgan fingerprint density at radius 2 is 2.15 bits per heavy atom. The third kappa shape index (κ3) is 1.61. The maximum atomic E-state index is 5.42. The third-order valence-electron chi connectivity index (χ3n) is 1.97. The van der Waals surface area contributed by atoms with Crippen LogP contribution in [0.4, 0.5) is 0 Å². The molecule has 2 nitrogen and oxygen atoms in total. The first kappa shape index (κ1) is 8.05. The monoisotopic (exact) mass is 173 g/mol. The lowest BCUT2D eigenvalue weighted by molar-refractivity contribution is 0.332. The minimum absolute atomic E-state index is 0.121. The molecule has 0 bridgehead atoms. The molecule has 1 atom stereocenters. The van der Waals surface area contributed by atoms with E-state index in [0.717, 1.165) is 11.5 Å². The molecular weight excluding hydrogens is 162 g/mol. The van der Waals surface area contributed by atoms with E-state index >= 15 is 0 Å². The number of hydrogen-bond donors (Lipinski definition) is 0. The van der Waals surface area contributed by atoms with Crippen molar-refractivity contribution in [2.45, 2.75) is 6.04 Å². The second-order valence-electron chi connectivity index (χ2n) is 2.91. The maximum Gasteiger partial charge on any atom is 0.216 e. The van der Waals surface area contributed by atoms with Crippen molar-refractivity contribution < 1.29 is 4.74 Å². The van der Waals surface area contributed by atoms with Crippen molar-refractivity contribution in [1.29, 1.82) is 0 Å². The number of benzene rings is 1. The van der Waals surface area contributed by atoms with Crippen LogP contribution >= 0.6 is 0 Å². The smallest absolute Gasteiger partial charge is 0.216 e. The summed E-state index contributed by atoms with van der Waals surface area (Å²) < 4.78 is 5.42. The van der Waals surface area contributed by atoms with Crippen LogP contribution in [0.15, 0.2) is 48.0 Å². The summed E-state index contributed by atoms with van der Waals surface area (Å²) in [5.74, 6) is 0.727. The summed E-state index contributed by atoms with van der Waals surface area (Å²) in [6, 6.07) is 10.0. The molecule has 2 heteroatoms. The number of rotatable bonds is 2. The molecule has 1 heterocycles. The van der Waals surface area contributed by atoms with E-state index in [9.17, 15) is 0 Å². The first-order valence-corrected chi connectivity index (χ1v) is 4.29. The van der Waals surface area contributed by atoms with Crippen LogP contribution in [0.5, 0.6) is 0 Å². The van der Waals surface area contributed by atoms with E-state index in [1.54, 1.807) is 6.08 Å². The van der Waals surface area contributed by atoms with E-state index < -0.39 is 0 Å². The first-order chi connectivity index (χ1) is 6.40. The molecule has 0 unspecified atom stereocenters. The average Bonchev–Trinajstić information content (AvgIpc) is 2.67. The van der Waals surface area contributed by atoms with Crippen molar-refractivity contribution in [1.82, 2.24) is 0 Å². The van der Waals surface area contributed by atoms with Crippen LogP contribution in [0.2, 0.25) is 0 Å². The zero-order valence-electron chi connectivity index (χ0n) is 7.31. The zero-order valence-corrected chi connectivity index (χ0v) is 7.31. The van der Waals surface area contributed by atoms with Crippen molar-refractivity contribution in [2.75, 3.05) is 6.61 Å². The fraction of sp³-hybridized carbons (Fsp3) is 0.182. The summed E-state index contributed by atoms with van der Waals surface area (Å²) in [6.45, 7) is 4.30. The van der Waals surface area contributed by atoms with Gasteiger partial charge in [0.05, 0.1) is 0 Å². The van der Waals surface area contributed by atoms with Crippen molar-refractivity contribution in [2.24, 2.45) is 4.99 Å². The zero-order chi connectivity index (χ0) is 9.10. The van der Waals surface area contributed by atoms with Crippen molar-refractivity contribution >= 4 is 5.90 Å². The molecule has 13 heavy (non-hydrogen) atoms. The van der Waals surface area contributed by atoms with Gasteiger partial charge in [-0.3, -0.25) is 0 Å². The topological polar surface area (TPSA) is 21.6 Å². The fourth-order valence-electron chi connectivity index (χ4n) is 1.25. The number of hydrogen-bond acceptors (Lipinski definition) is 2. The second-order valence-corrected chi connectivity index (χ2v) is 2.91. The molecule has 0 aliphatic carbocycles. The van der Waals surface area contributed by atoms with Crippen molar-refractivity contribution in [3.8, 4) is 0 Å². The molecule has 0 aromatic heterocycles.